The number of carbonyl (C=O) groups excluding carboxylic acids is 7. The molecule has 0 spiro atoms. The number of rotatable bonds is 15. The van der Waals surface area contributed by atoms with Crippen molar-refractivity contribution in [2.75, 3.05) is 19.8 Å². The van der Waals surface area contributed by atoms with Crippen molar-refractivity contribution in [3.63, 3.8) is 0 Å². The van der Waals surface area contributed by atoms with E-state index in [4.69, 9.17) is 67.7 Å². The summed E-state index contributed by atoms with van der Waals surface area (Å²) < 4.78 is 60.8. The molecule has 0 aromatic carbocycles. The quantitative estimate of drug-likeness (QED) is 0.121. The topological polar surface area (TPSA) is 322 Å². The summed E-state index contributed by atoms with van der Waals surface area (Å²) in [6.07, 6.45) is -16.6. The van der Waals surface area contributed by atoms with Crippen molar-refractivity contribution in [3.05, 3.63) is 0 Å². The van der Waals surface area contributed by atoms with Crippen molar-refractivity contribution in [1.29, 1.82) is 0 Å². The van der Waals surface area contributed by atoms with Crippen LogP contribution in [-0.2, 0) is 95.3 Å². The Labute approximate surface area is 307 Å². The van der Waals surface area contributed by atoms with Gasteiger partial charge in [0, 0.05) is 55.4 Å². The highest BCUT2D eigenvalue weighted by Gasteiger charge is 2.57. The lowest BCUT2D eigenvalue weighted by Gasteiger charge is -2.48. The number of ether oxygens (including phenoxy) is 11. The van der Waals surface area contributed by atoms with Gasteiger partial charge in [-0.1, -0.05) is 0 Å². The van der Waals surface area contributed by atoms with E-state index in [2.05, 4.69) is 0 Å². The van der Waals surface area contributed by atoms with Crippen LogP contribution in [0.3, 0.4) is 0 Å². The molecule has 0 radical (unpaired) electrons. The smallest absolute Gasteiger partial charge is 0.322 e. The SMILES string of the molecule is CC(=O)O.CC(=O)OC[C@H]1O[C@@H](O[C@H]2[C@H](OC(C)=O)[C@@H](OC(C)=O)[C@H](OC[C@H](N)C(=O)O)O[C@@H]2COC(C)=O)[C@H](OC(C)=O)[C@@H](OC(C)=O)[C@H]1OC(C)=O. The highest BCUT2D eigenvalue weighted by Crippen LogP contribution is 2.35. The van der Waals surface area contributed by atoms with Crippen molar-refractivity contribution in [1.82, 2.24) is 0 Å². The van der Waals surface area contributed by atoms with Crippen LogP contribution in [0.15, 0.2) is 0 Å². The van der Waals surface area contributed by atoms with Gasteiger partial charge in [0.25, 0.3) is 5.97 Å². The summed E-state index contributed by atoms with van der Waals surface area (Å²) in [5, 5.41) is 16.6. The van der Waals surface area contributed by atoms with Crippen LogP contribution in [-0.4, -0.2) is 151 Å². The number of carboxylic acids is 2. The number of hydrogen-bond donors (Lipinski definition) is 3. The summed E-state index contributed by atoms with van der Waals surface area (Å²) in [5.41, 5.74) is 5.56. The third kappa shape index (κ3) is 16.4. The van der Waals surface area contributed by atoms with Crippen molar-refractivity contribution >= 4 is 53.7 Å². The number of esters is 7. The minimum absolute atomic E-state index is 0.612. The van der Waals surface area contributed by atoms with Crippen LogP contribution >= 0.6 is 0 Å². The highest BCUT2D eigenvalue weighted by atomic mass is 16.8. The van der Waals surface area contributed by atoms with Gasteiger partial charge < -0.3 is 68.1 Å². The van der Waals surface area contributed by atoms with Crippen molar-refractivity contribution in [3.8, 4) is 0 Å². The van der Waals surface area contributed by atoms with E-state index in [9.17, 15) is 43.5 Å². The first-order valence-corrected chi connectivity index (χ1v) is 15.9. The molecule has 2 saturated heterocycles. The molecule has 23 nitrogen and oxygen atoms in total. The van der Waals surface area contributed by atoms with Crippen LogP contribution in [0.2, 0.25) is 0 Å². The van der Waals surface area contributed by atoms with Crippen molar-refractivity contribution in [2.24, 2.45) is 5.73 Å². The maximum atomic E-state index is 12.4. The Morgan fingerprint density at radius 1 is 0.519 bits per heavy atom. The molecule has 0 aromatic rings. The summed E-state index contributed by atoms with van der Waals surface area (Å²) in [6.45, 7) is 6.25. The maximum Gasteiger partial charge on any atom is 0.322 e. The lowest BCUT2D eigenvalue weighted by atomic mass is 9.96. The van der Waals surface area contributed by atoms with Gasteiger partial charge in [0.05, 0.1) is 6.61 Å². The molecule has 2 aliphatic heterocycles. The van der Waals surface area contributed by atoms with Gasteiger partial charge in [-0.25, -0.2) is 0 Å². The van der Waals surface area contributed by atoms with Crippen LogP contribution in [0.25, 0.3) is 0 Å². The van der Waals surface area contributed by atoms with E-state index in [1.165, 1.54) is 0 Å². The predicted octanol–water partition coefficient (Wildman–Crippen LogP) is -1.87. The van der Waals surface area contributed by atoms with Crippen LogP contribution in [0, 0.1) is 0 Å². The lowest BCUT2D eigenvalue weighted by Crippen LogP contribution is -2.67. The van der Waals surface area contributed by atoms with E-state index < -0.39 is 141 Å². The first-order chi connectivity index (χ1) is 25.0. The Kier molecular flexibility index (Phi) is 19.4. The van der Waals surface area contributed by atoms with E-state index >= 15 is 0 Å². The van der Waals surface area contributed by atoms with Crippen LogP contribution in [0.4, 0.5) is 0 Å². The summed E-state index contributed by atoms with van der Waals surface area (Å²) in [4.78, 5) is 105. The Hall–Kier alpha value is -4.97. The normalized spacial score (nSPS) is 27.9. The molecular formula is C31H45NO22. The van der Waals surface area contributed by atoms with E-state index in [-0.39, 0.29) is 0 Å². The van der Waals surface area contributed by atoms with Gasteiger partial charge in [0.1, 0.15) is 37.6 Å². The van der Waals surface area contributed by atoms with Gasteiger partial charge in [-0.05, 0) is 0 Å². The Morgan fingerprint density at radius 3 is 1.24 bits per heavy atom. The highest BCUT2D eigenvalue weighted by molar-refractivity contribution is 5.73. The minimum atomic E-state index is -1.86. The Bertz CT molecular complexity index is 1360. The van der Waals surface area contributed by atoms with Gasteiger partial charge in [0.2, 0.25) is 0 Å². The van der Waals surface area contributed by atoms with E-state index in [1.807, 2.05) is 0 Å². The fourth-order valence-corrected chi connectivity index (χ4v) is 4.88. The van der Waals surface area contributed by atoms with Gasteiger partial charge in [-0.3, -0.25) is 43.2 Å². The zero-order valence-electron chi connectivity index (χ0n) is 30.6. The standard InChI is InChI=1S/C29H41NO20.C2H4O2/c1-11(31)40-9-19-21(43-13(3)33)23(44-14(4)34)26(47-17(7)37)29(49-19)50-22-20(10-41-12(2)32)48-28(42-8-18(30)27(38)39)25(46-16(6)36)24(22)45-15(5)35;1-2(3)4/h18-26,28-29H,8-10,30H2,1-7H3,(H,38,39);1H3,(H,3,4)/t18-,19+,20+,21-,22+,23-,24-,25+,26+,28+,29-;/m0./s1. The van der Waals surface area contributed by atoms with E-state index in [1.54, 1.807) is 0 Å². The maximum absolute atomic E-state index is 12.4. The summed E-state index contributed by atoms with van der Waals surface area (Å²) >= 11 is 0. The van der Waals surface area contributed by atoms with Gasteiger partial charge in [-0.15, -0.1) is 0 Å². The molecule has 2 aliphatic rings. The molecule has 0 saturated carbocycles. The predicted molar refractivity (Wildman–Crippen MR) is 168 cm³/mol. The molecule has 23 heteroatoms. The Morgan fingerprint density at radius 2 is 0.852 bits per heavy atom. The number of nitrogens with two attached hydrogens (primary N) is 1. The largest absolute Gasteiger partial charge is 0.481 e. The molecule has 0 aliphatic carbocycles. The van der Waals surface area contributed by atoms with Crippen molar-refractivity contribution in [2.45, 2.75) is 123 Å². The van der Waals surface area contributed by atoms with E-state index in [0.717, 1.165) is 55.4 Å². The molecule has 2 fully saturated rings. The number of aliphatic carboxylic acids is 2. The lowest BCUT2D eigenvalue weighted by molar-refractivity contribution is -0.361. The van der Waals surface area contributed by atoms with Crippen LogP contribution in [0.1, 0.15) is 55.4 Å². The second-order valence-electron chi connectivity index (χ2n) is 11.5. The second-order valence-corrected chi connectivity index (χ2v) is 11.5. The first kappa shape index (κ1) is 47.1. The van der Waals surface area contributed by atoms with E-state index in [0.29, 0.717) is 0 Å². The minimum Gasteiger partial charge on any atom is -0.481 e. The zero-order chi connectivity index (χ0) is 41.4. The molecule has 0 aromatic heterocycles. The number of carboxylic acid groups (broad SMARTS) is 2. The molecule has 2 rings (SSSR count). The Balaban J connectivity index is 0.00000346. The number of hydrogen-bond acceptors (Lipinski definition) is 21. The van der Waals surface area contributed by atoms with Crippen LogP contribution < -0.4 is 5.73 Å². The molecule has 11 atom stereocenters. The van der Waals surface area contributed by atoms with Gasteiger partial charge >= 0.3 is 47.8 Å². The fourth-order valence-electron chi connectivity index (χ4n) is 4.88. The molecular weight excluding hydrogens is 738 g/mol. The molecule has 306 valence electrons. The third-order valence-electron chi connectivity index (χ3n) is 6.64. The molecule has 0 bridgehead atoms. The monoisotopic (exact) mass is 783 g/mol. The van der Waals surface area contributed by atoms with Gasteiger partial charge in [-0.2, -0.15) is 0 Å². The molecule has 2 heterocycles. The fraction of sp³-hybridized carbons (Fsp3) is 0.710. The second kappa shape index (κ2) is 22.3. The van der Waals surface area contributed by atoms with Crippen molar-refractivity contribution < 1.29 is 105 Å². The molecule has 0 unspecified atom stereocenters. The number of carbonyl (C=O) groups is 9. The summed E-state index contributed by atoms with van der Waals surface area (Å²) in [7, 11) is 0. The summed E-state index contributed by atoms with van der Waals surface area (Å²) in [5.74, 6) is -8.57. The molecule has 0 amide bonds. The molecule has 4 N–H and O–H groups in total. The molecule has 54 heavy (non-hydrogen) atoms. The zero-order valence-corrected chi connectivity index (χ0v) is 30.6. The first-order valence-electron chi connectivity index (χ1n) is 15.9. The average molecular weight is 784 g/mol. The summed E-state index contributed by atoms with van der Waals surface area (Å²) in [6, 6.07) is -1.58. The van der Waals surface area contributed by atoms with Gasteiger partial charge in [0.15, 0.2) is 43.1 Å². The average Bonchev–Trinajstić information content (AvgIpc) is 3.01. The van der Waals surface area contributed by atoms with Crippen LogP contribution in [0.5, 0.6) is 0 Å². The third-order valence-corrected chi connectivity index (χ3v) is 6.64.